The van der Waals surface area contributed by atoms with E-state index in [1.165, 1.54) is 11.0 Å². The number of hydrogen-bond donors (Lipinski definition) is 3. The van der Waals surface area contributed by atoms with Crippen LogP contribution in [0.15, 0.2) is 60.2 Å². The number of ether oxygens (including phenoxy) is 2. The normalized spacial score (nSPS) is 21.8. The first kappa shape index (κ1) is 29.6. The van der Waals surface area contributed by atoms with Crippen molar-refractivity contribution < 1.29 is 42.4 Å². The van der Waals surface area contributed by atoms with Gasteiger partial charge in [-0.2, -0.15) is 13.2 Å². The molecule has 0 unspecified atom stereocenters. The van der Waals surface area contributed by atoms with Crippen LogP contribution in [0.5, 0.6) is 5.75 Å². The number of nitrogens with one attached hydrogen (secondary N) is 1. The first-order valence-electron chi connectivity index (χ1n) is 13.2. The Balaban J connectivity index is 1.71. The molecule has 0 spiro atoms. The number of nitrogens with zero attached hydrogens (tertiary/aromatic N) is 1. The first-order chi connectivity index (χ1) is 19.0. The summed E-state index contributed by atoms with van der Waals surface area (Å²) in [7, 11) is 0. The summed E-state index contributed by atoms with van der Waals surface area (Å²) in [4.78, 5) is 28.3. The first-order valence-corrected chi connectivity index (χ1v) is 13.2. The highest BCUT2D eigenvalue weighted by atomic mass is 19.4. The largest absolute Gasteiger partial charge is 0.486 e. The van der Waals surface area contributed by atoms with Gasteiger partial charge in [-0.05, 0) is 56.7 Å². The van der Waals surface area contributed by atoms with Crippen molar-refractivity contribution in [3.05, 3.63) is 76.9 Å². The SMILES string of the molecule is CC(C)OCCCN(C(=O)c1ccc(C(F)(F)F)cc1)[C@@H]1C=C(C(=O)NCCO)[C@@H]2c3ccccc3O[C@@H]2[C@H]1O. The van der Waals surface area contributed by atoms with Crippen molar-refractivity contribution in [3.8, 4) is 5.75 Å². The Labute approximate surface area is 230 Å². The van der Waals surface area contributed by atoms with Crippen molar-refractivity contribution in [2.75, 3.05) is 26.3 Å². The lowest BCUT2D eigenvalue weighted by molar-refractivity contribution is -0.137. The number of alkyl halides is 3. The van der Waals surface area contributed by atoms with Crippen LogP contribution in [-0.2, 0) is 15.7 Å². The summed E-state index contributed by atoms with van der Waals surface area (Å²) in [5, 5.41) is 23.4. The third kappa shape index (κ3) is 6.32. The van der Waals surface area contributed by atoms with Crippen LogP contribution < -0.4 is 10.1 Å². The monoisotopic (exact) mass is 562 g/mol. The molecule has 0 bridgehead atoms. The molecule has 2 amide bonds. The van der Waals surface area contributed by atoms with E-state index in [1.807, 2.05) is 13.8 Å². The lowest BCUT2D eigenvalue weighted by Gasteiger charge is -2.40. The highest BCUT2D eigenvalue weighted by Gasteiger charge is 2.50. The lowest BCUT2D eigenvalue weighted by Crippen LogP contribution is -2.56. The van der Waals surface area contributed by atoms with Crippen molar-refractivity contribution >= 4 is 11.8 Å². The molecular weight excluding hydrogens is 529 g/mol. The van der Waals surface area contributed by atoms with Crippen LogP contribution in [-0.4, -0.2) is 77.6 Å². The molecule has 2 aromatic carbocycles. The van der Waals surface area contributed by atoms with Crippen LogP contribution in [0.1, 0.15) is 47.7 Å². The lowest BCUT2D eigenvalue weighted by atomic mass is 9.77. The van der Waals surface area contributed by atoms with Crippen LogP contribution >= 0.6 is 0 Å². The smallest absolute Gasteiger partial charge is 0.416 e. The molecule has 4 atom stereocenters. The number of hydrogen-bond acceptors (Lipinski definition) is 6. The molecule has 2 aromatic rings. The van der Waals surface area contributed by atoms with Crippen molar-refractivity contribution in [3.63, 3.8) is 0 Å². The van der Waals surface area contributed by atoms with Gasteiger partial charge >= 0.3 is 6.18 Å². The number of amides is 2. The number of para-hydroxylation sites is 1. The summed E-state index contributed by atoms with van der Waals surface area (Å²) in [5.41, 5.74) is 0.0902. The van der Waals surface area contributed by atoms with Gasteiger partial charge in [-0.3, -0.25) is 9.59 Å². The molecule has 11 heteroatoms. The second-order valence-corrected chi connectivity index (χ2v) is 10.0. The second-order valence-electron chi connectivity index (χ2n) is 10.0. The Morgan fingerprint density at radius 1 is 1.12 bits per heavy atom. The second kappa shape index (κ2) is 12.4. The maximum atomic E-state index is 13.7. The molecule has 40 heavy (non-hydrogen) atoms. The number of benzene rings is 2. The third-order valence-electron chi connectivity index (χ3n) is 6.95. The van der Waals surface area contributed by atoms with E-state index < -0.39 is 47.7 Å². The minimum atomic E-state index is -4.56. The predicted molar refractivity (Wildman–Crippen MR) is 140 cm³/mol. The van der Waals surface area contributed by atoms with Gasteiger partial charge in [0.15, 0.2) is 0 Å². The predicted octanol–water partition coefficient (Wildman–Crippen LogP) is 3.29. The molecule has 1 aliphatic carbocycles. The Hall–Kier alpha value is -3.41. The molecule has 8 nitrogen and oxygen atoms in total. The zero-order valence-corrected chi connectivity index (χ0v) is 22.2. The minimum absolute atomic E-state index is 0.00223. The third-order valence-corrected chi connectivity index (χ3v) is 6.95. The van der Waals surface area contributed by atoms with Gasteiger partial charge in [-0.15, -0.1) is 0 Å². The molecule has 0 aromatic heterocycles. The number of aliphatic hydroxyl groups is 2. The molecule has 0 radical (unpaired) electrons. The van der Waals surface area contributed by atoms with Gasteiger partial charge < -0.3 is 29.9 Å². The van der Waals surface area contributed by atoms with Crippen LogP contribution in [0.4, 0.5) is 13.2 Å². The van der Waals surface area contributed by atoms with Gasteiger partial charge in [-0.25, -0.2) is 0 Å². The molecule has 4 rings (SSSR count). The van der Waals surface area contributed by atoms with Gasteiger partial charge in [0.1, 0.15) is 18.0 Å². The van der Waals surface area contributed by atoms with Gasteiger partial charge in [0.05, 0.1) is 30.2 Å². The van der Waals surface area contributed by atoms with E-state index in [0.29, 0.717) is 24.3 Å². The average molecular weight is 563 g/mol. The van der Waals surface area contributed by atoms with E-state index in [4.69, 9.17) is 9.47 Å². The Bertz CT molecular complexity index is 1230. The van der Waals surface area contributed by atoms with Crippen molar-refractivity contribution in [2.45, 2.75) is 56.7 Å². The standard InChI is InChI=1S/C29H33F3N2O6/c1-17(2)39-15-5-13-34(28(38)18-8-10-19(11-9-18)29(30,31)32)22-16-21(27(37)33-12-14-35)24-20-6-3-4-7-23(20)40-26(24)25(22)36/h3-4,6-11,16-17,22,24-26,35-36H,5,12-15H2,1-2H3,(H,33,37)/t22-,24+,25+,26+/m1/s1. The zero-order valence-electron chi connectivity index (χ0n) is 22.2. The average Bonchev–Trinajstić information content (AvgIpc) is 3.32. The summed E-state index contributed by atoms with van der Waals surface area (Å²) in [6.07, 6.45) is -4.85. The summed E-state index contributed by atoms with van der Waals surface area (Å²) in [6, 6.07) is 9.93. The molecular formula is C29H33F3N2O6. The fourth-order valence-electron chi connectivity index (χ4n) is 5.10. The zero-order chi connectivity index (χ0) is 29.0. The van der Waals surface area contributed by atoms with Crippen LogP contribution in [0, 0.1) is 0 Å². The summed E-state index contributed by atoms with van der Waals surface area (Å²) in [5.74, 6) is -1.20. The number of halogens is 3. The Kier molecular flexibility index (Phi) is 9.17. The van der Waals surface area contributed by atoms with E-state index in [9.17, 15) is 33.0 Å². The minimum Gasteiger partial charge on any atom is -0.486 e. The molecule has 2 aliphatic rings. The topological polar surface area (TPSA) is 108 Å². The molecule has 1 heterocycles. The van der Waals surface area contributed by atoms with Crippen molar-refractivity contribution in [1.82, 2.24) is 10.2 Å². The Morgan fingerprint density at radius 2 is 1.82 bits per heavy atom. The highest BCUT2D eigenvalue weighted by molar-refractivity contribution is 5.97. The highest BCUT2D eigenvalue weighted by Crippen LogP contribution is 2.47. The van der Waals surface area contributed by atoms with Crippen molar-refractivity contribution in [1.29, 1.82) is 0 Å². The molecule has 0 saturated carbocycles. The summed E-state index contributed by atoms with van der Waals surface area (Å²) >= 11 is 0. The van der Waals surface area contributed by atoms with E-state index in [2.05, 4.69) is 5.32 Å². The molecule has 0 fully saturated rings. The van der Waals surface area contributed by atoms with E-state index in [-0.39, 0.29) is 36.9 Å². The van der Waals surface area contributed by atoms with Gasteiger partial charge in [0, 0.05) is 36.4 Å². The maximum Gasteiger partial charge on any atom is 0.416 e. The van der Waals surface area contributed by atoms with E-state index in [1.54, 1.807) is 24.3 Å². The van der Waals surface area contributed by atoms with E-state index >= 15 is 0 Å². The Morgan fingerprint density at radius 3 is 2.48 bits per heavy atom. The van der Waals surface area contributed by atoms with Crippen LogP contribution in [0.25, 0.3) is 0 Å². The number of carbonyl (C=O) groups excluding carboxylic acids is 2. The van der Waals surface area contributed by atoms with Gasteiger partial charge in [0.25, 0.3) is 5.91 Å². The van der Waals surface area contributed by atoms with E-state index in [0.717, 1.165) is 24.3 Å². The summed E-state index contributed by atoms with van der Waals surface area (Å²) in [6.45, 7) is 3.86. The number of rotatable bonds is 10. The number of aliphatic hydroxyl groups excluding tert-OH is 2. The van der Waals surface area contributed by atoms with Gasteiger partial charge in [0.2, 0.25) is 5.91 Å². The molecule has 216 valence electrons. The van der Waals surface area contributed by atoms with Crippen LogP contribution in [0.3, 0.4) is 0 Å². The quantitative estimate of drug-likeness (QED) is 0.384. The fraction of sp³-hybridized carbons (Fsp3) is 0.448. The molecule has 0 saturated heterocycles. The number of carbonyl (C=O) groups is 2. The molecule has 3 N–H and O–H groups in total. The molecule has 1 aliphatic heterocycles. The van der Waals surface area contributed by atoms with Gasteiger partial charge in [-0.1, -0.05) is 18.2 Å². The van der Waals surface area contributed by atoms with Crippen LogP contribution in [0.2, 0.25) is 0 Å². The fourth-order valence-corrected chi connectivity index (χ4v) is 5.10. The number of fused-ring (bicyclic) bond motifs is 3. The maximum absolute atomic E-state index is 13.7. The van der Waals surface area contributed by atoms with Crippen molar-refractivity contribution in [2.24, 2.45) is 0 Å². The summed E-state index contributed by atoms with van der Waals surface area (Å²) < 4.78 is 51.0.